The van der Waals surface area contributed by atoms with Gasteiger partial charge in [-0.25, -0.2) is 18.1 Å². The van der Waals surface area contributed by atoms with Crippen LogP contribution < -0.4 is 4.72 Å². The maximum Gasteiger partial charge on any atom is 0.242 e. The third kappa shape index (κ3) is 3.49. The fourth-order valence-electron chi connectivity index (χ4n) is 2.53. The lowest BCUT2D eigenvalue weighted by Gasteiger charge is -2.30. The largest absolute Gasteiger partial charge is 0.396 e. The number of pyridine rings is 1. The molecule has 1 aromatic heterocycles. The predicted octanol–water partition coefficient (Wildman–Crippen LogP) is 1.87. The van der Waals surface area contributed by atoms with Crippen LogP contribution in [0.3, 0.4) is 0 Å². The van der Waals surface area contributed by atoms with Crippen molar-refractivity contribution in [2.45, 2.75) is 43.5 Å². The first-order valence-corrected chi connectivity index (χ1v) is 8.55. The van der Waals surface area contributed by atoms with Gasteiger partial charge in [-0.3, -0.25) is 0 Å². The Morgan fingerprint density at radius 2 is 2.15 bits per heavy atom. The molecule has 0 aliphatic heterocycles. The summed E-state index contributed by atoms with van der Waals surface area (Å²) < 4.78 is 27.4. The molecule has 1 aliphatic carbocycles. The van der Waals surface area contributed by atoms with Crippen LogP contribution in [-0.2, 0) is 10.0 Å². The second-order valence-electron chi connectivity index (χ2n) is 5.23. The van der Waals surface area contributed by atoms with Gasteiger partial charge in [-0.2, -0.15) is 0 Å². The molecule has 1 aromatic rings. The Kier molecular flexibility index (Phi) is 5.01. The van der Waals surface area contributed by atoms with Gasteiger partial charge in [0.2, 0.25) is 10.0 Å². The molecule has 2 atom stereocenters. The van der Waals surface area contributed by atoms with E-state index in [2.05, 4.69) is 9.71 Å². The van der Waals surface area contributed by atoms with Crippen molar-refractivity contribution >= 4 is 21.6 Å². The monoisotopic (exact) mass is 318 g/mol. The van der Waals surface area contributed by atoms with Gasteiger partial charge < -0.3 is 5.11 Å². The van der Waals surface area contributed by atoms with E-state index < -0.39 is 10.0 Å². The van der Waals surface area contributed by atoms with Crippen molar-refractivity contribution in [1.82, 2.24) is 9.71 Å². The standard InChI is InChI=1S/C13H19ClN2O3S/c1-9-6-11(7-15-13(9)14)20(18,19)16-12-5-3-2-4-10(12)8-17/h6-7,10,12,16-17H,2-5,8H2,1H3. The Labute approximate surface area is 124 Å². The molecule has 0 aromatic carbocycles. The van der Waals surface area contributed by atoms with Gasteiger partial charge in [0.25, 0.3) is 0 Å². The second-order valence-corrected chi connectivity index (χ2v) is 7.31. The first-order valence-electron chi connectivity index (χ1n) is 6.69. The summed E-state index contributed by atoms with van der Waals surface area (Å²) in [6.45, 7) is 1.72. The second kappa shape index (κ2) is 6.39. The first kappa shape index (κ1) is 15.7. The van der Waals surface area contributed by atoms with E-state index in [0.717, 1.165) is 25.7 Å². The molecular formula is C13H19ClN2O3S. The van der Waals surface area contributed by atoms with Gasteiger partial charge in [-0.05, 0) is 37.3 Å². The zero-order chi connectivity index (χ0) is 14.8. The number of sulfonamides is 1. The third-order valence-electron chi connectivity index (χ3n) is 3.75. The molecule has 0 saturated heterocycles. The van der Waals surface area contributed by atoms with Crippen molar-refractivity contribution in [1.29, 1.82) is 0 Å². The van der Waals surface area contributed by atoms with Crippen LogP contribution >= 0.6 is 11.6 Å². The average Bonchev–Trinajstić information content (AvgIpc) is 2.42. The molecule has 5 nitrogen and oxygen atoms in total. The van der Waals surface area contributed by atoms with Gasteiger partial charge in [-0.1, -0.05) is 24.4 Å². The van der Waals surface area contributed by atoms with E-state index in [1.54, 1.807) is 6.92 Å². The summed E-state index contributed by atoms with van der Waals surface area (Å²) in [7, 11) is -3.62. The lowest BCUT2D eigenvalue weighted by atomic mass is 9.86. The van der Waals surface area contributed by atoms with Crippen molar-refractivity contribution in [3.63, 3.8) is 0 Å². The first-order chi connectivity index (χ1) is 9.44. The summed E-state index contributed by atoms with van der Waals surface area (Å²) in [4.78, 5) is 3.99. The van der Waals surface area contributed by atoms with E-state index in [9.17, 15) is 13.5 Å². The number of rotatable bonds is 4. The maximum atomic E-state index is 12.3. The van der Waals surface area contributed by atoms with Gasteiger partial charge in [0.05, 0.1) is 0 Å². The zero-order valence-corrected chi connectivity index (χ0v) is 12.9. The molecule has 0 spiro atoms. The van der Waals surface area contributed by atoms with E-state index in [1.165, 1.54) is 12.3 Å². The normalized spacial score (nSPS) is 23.8. The SMILES string of the molecule is Cc1cc(S(=O)(=O)NC2CCCCC2CO)cnc1Cl. The number of hydrogen-bond acceptors (Lipinski definition) is 4. The topological polar surface area (TPSA) is 79.3 Å². The number of aliphatic hydroxyl groups is 1. The van der Waals surface area contributed by atoms with Crippen LogP contribution in [0.5, 0.6) is 0 Å². The Bertz CT molecular complexity index is 577. The van der Waals surface area contributed by atoms with E-state index >= 15 is 0 Å². The van der Waals surface area contributed by atoms with Gasteiger partial charge in [0, 0.05) is 18.8 Å². The van der Waals surface area contributed by atoms with Gasteiger partial charge in [-0.15, -0.1) is 0 Å². The number of halogens is 1. The van der Waals surface area contributed by atoms with E-state index in [0.29, 0.717) is 10.7 Å². The minimum Gasteiger partial charge on any atom is -0.396 e. The summed E-state index contributed by atoms with van der Waals surface area (Å²) >= 11 is 5.81. The molecule has 1 heterocycles. The molecule has 7 heteroatoms. The number of nitrogens with zero attached hydrogens (tertiary/aromatic N) is 1. The summed E-state index contributed by atoms with van der Waals surface area (Å²) in [5.74, 6) is -0.0140. The van der Waals surface area contributed by atoms with E-state index in [-0.39, 0.29) is 23.5 Å². The van der Waals surface area contributed by atoms with Crippen LogP contribution in [0.4, 0.5) is 0 Å². The smallest absolute Gasteiger partial charge is 0.242 e. The third-order valence-corrected chi connectivity index (χ3v) is 5.60. The van der Waals surface area contributed by atoms with Crippen molar-refractivity contribution in [2.75, 3.05) is 6.61 Å². The van der Waals surface area contributed by atoms with E-state index in [4.69, 9.17) is 11.6 Å². The van der Waals surface area contributed by atoms with Crippen LogP contribution in [0.1, 0.15) is 31.2 Å². The number of nitrogens with one attached hydrogen (secondary N) is 1. The van der Waals surface area contributed by atoms with Crippen molar-refractivity contribution in [3.8, 4) is 0 Å². The van der Waals surface area contributed by atoms with Crippen molar-refractivity contribution in [2.24, 2.45) is 5.92 Å². The van der Waals surface area contributed by atoms with Crippen LogP contribution in [0, 0.1) is 12.8 Å². The highest BCUT2D eigenvalue weighted by molar-refractivity contribution is 7.89. The number of aryl methyl sites for hydroxylation is 1. The Hall–Kier alpha value is -0.690. The summed E-state index contributed by atoms with van der Waals surface area (Å²) in [5.41, 5.74) is 0.622. The molecule has 2 rings (SSSR count). The lowest BCUT2D eigenvalue weighted by Crippen LogP contribution is -2.43. The molecule has 1 fully saturated rings. The minimum absolute atomic E-state index is 0.00504. The fraction of sp³-hybridized carbons (Fsp3) is 0.615. The molecule has 2 unspecified atom stereocenters. The highest BCUT2D eigenvalue weighted by Crippen LogP contribution is 2.26. The maximum absolute atomic E-state index is 12.3. The molecule has 0 bridgehead atoms. The Morgan fingerprint density at radius 1 is 1.45 bits per heavy atom. The fourth-order valence-corrected chi connectivity index (χ4v) is 4.00. The summed E-state index contributed by atoms with van der Waals surface area (Å²) in [5, 5.41) is 9.65. The quantitative estimate of drug-likeness (QED) is 0.831. The van der Waals surface area contributed by atoms with Gasteiger partial charge >= 0.3 is 0 Å². The average molecular weight is 319 g/mol. The molecule has 112 valence electrons. The summed E-state index contributed by atoms with van der Waals surface area (Å²) in [6, 6.07) is 1.30. The highest BCUT2D eigenvalue weighted by Gasteiger charge is 2.29. The van der Waals surface area contributed by atoms with Crippen LogP contribution in [-0.4, -0.2) is 31.2 Å². The Morgan fingerprint density at radius 3 is 2.80 bits per heavy atom. The van der Waals surface area contributed by atoms with Gasteiger partial charge in [0.15, 0.2) is 0 Å². The molecular weight excluding hydrogens is 300 g/mol. The Balaban J connectivity index is 2.19. The zero-order valence-electron chi connectivity index (χ0n) is 11.3. The highest BCUT2D eigenvalue weighted by atomic mass is 35.5. The molecule has 1 saturated carbocycles. The molecule has 0 radical (unpaired) electrons. The summed E-state index contributed by atoms with van der Waals surface area (Å²) in [6.07, 6.45) is 4.87. The van der Waals surface area contributed by atoms with Crippen LogP contribution in [0.2, 0.25) is 5.15 Å². The number of aliphatic hydroxyl groups excluding tert-OH is 1. The number of hydrogen-bond donors (Lipinski definition) is 2. The molecule has 1 aliphatic rings. The minimum atomic E-state index is -3.62. The van der Waals surface area contributed by atoms with Crippen LogP contribution in [0.25, 0.3) is 0 Å². The van der Waals surface area contributed by atoms with E-state index in [1.807, 2.05) is 0 Å². The van der Waals surface area contributed by atoms with Crippen LogP contribution in [0.15, 0.2) is 17.2 Å². The van der Waals surface area contributed by atoms with Crippen molar-refractivity contribution in [3.05, 3.63) is 23.0 Å². The molecule has 0 amide bonds. The lowest BCUT2D eigenvalue weighted by molar-refractivity contribution is 0.164. The molecule has 2 N–H and O–H groups in total. The predicted molar refractivity (Wildman–Crippen MR) is 77.1 cm³/mol. The van der Waals surface area contributed by atoms with Crippen molar-refractivity contribution < 1.29 is 13.5 Å². The number of aromatic nitrogens is 1. The van der Waals surface area contributed by atoms with Gasteiger partial charge in [0.1, 0.15) is 10.0 Å². The molecule has 20 heavy (non-hydrogen) atoms.